The van der Waals surface area contributed by atoms with Crippen LogP contribution >= 0.6 is 0 Å². The first-order chi connectivity index (χ1) is 10.3. The van der Waals surface area contributed by atoms with Gasteiger partial charge in [-0.1, -0.05) is 60.7 Å². The minimum Gasteiger partial charge on any atom is -0.445 e. The molecule has 1 N–H and O–H groups in total. The van der Waals surface area contributed by atoms with E-state index >= 15 is 0 Å². The molecule has 1 saturated carbocycles. The van der Waals surface area contributed by atoms with Crippen LogP contribution in [0.2, 0.25) is 0 Å². The molecule has 0 bridgehead atoms. The van der Waals surface area contributed by atoms with Crippen LogP contribution in [0.25, 0.3) is 0 Å². The number of alkyl carbamates (subject to hydrolysis) is 1. The van der Waals surface area contributed by atoms with Gasteiger partial charge < -0.3 is 10.1 Å². The van der Waals surface area contributed by atoms with Crippen molar-refractivity contribution in [3.63, 3.8) is 0 Å². The molecule has 0 aliphatic heterocycles. The second kappa shape index (κ2) is 6.00. The van der Waals surface area contributed by atoms with Gasteiger partial charge in [0.2, 0.25) is 0 Å². The van der Waals surface area contributed by atoms with Crippen molar-refractivity contribution in [2.75, 3.05) is 0 Å². The first-order valence-electron chi connectivity index (χ1n) is 7.29. The molecule has 1 aliphatic carbocycles. The van der Waals surface area contributed by atoms with E-state index in [1.165, 1.54) is 5.56 Å². The van der Waals surface area contributed by atoms with E-state index in [0.29, 0.717) is 6.61 Å². The third-order valence-electron chi connectivity index (χ3n) is 3.82. The van der Waals surface area contributed by atoms with Crippen molar-refractivity contribution in [1.82, 2.24) is 5.32 Å². The Morgan fingerprint density at radius 2 is 1.52 bits per heavy atom. The molecule has 108 valence electrons. The van der Waals surface area contributed by atoms with Gasteiger partial charge in [0.25, 0.3) is 0 Å². The molecule has 3 nitrogen and oxygen atoms in total. The van der Waals surface area contributed by atoms with Crippen molar-refractivity contribution in [1.29, 1.82) is 0 Å². The maximum Gasteiger partial charge on any atom is 0.407 e. The Morgan fingerprint density at radius 1 is 0.952 bits per heavy atom. The van der Waals surface area contributed by atoms with Gasteiger partial charge in [0.1, 0.15) is 6.61 Å². The lowest BCUT2D eigenvalue weighted by Crippen LogP contribution is -2.38. The number of carbonyl (C=O) groups is 1. The van der Waals surface area contributed by atoms with E-state index in [4.69, 9.17) is 4.74 Å². The number of ether oxygens (including phenoxy) is 1. The summed E-state index contributed by atoms with van der Waals surface area (Å²) in [5.74, 6) is 0. The molecule has 0 unspecified atom stereocenters. The highest BCUT2D eigenvalue weighted by Crippen LogP contribution is 2.38. The van der Waals surface area contributed by atoms with E-state index in [9.17, 15) is 4.79 Å². The van der Waals surface area contributed by atoms with Crippen LogP contribution in [-0.4, -0.2) is 11.6 Å². The van der Waals surface area contributed by atoms with E-state index in [1.807, 2.05) is 48.5 Å². The molecule has 0 aromatic heterocycles. The van der Waals surface area contributed by atoms with Crippen molar-refractivity contribution in [3.8, 4) is 0 Å². The summed E-state index contributed by atoms with van der Waals surface area (Å²) >= 11 is 0. The zero-order valence-electron chi connectivity index (χ0n) is 11.9. The molecule has 0 spiro atoms. The summed E-state index contributed by atoms with van der Waals surface area (Å²) in [6.07, 6.45) is 2.58. The zero-order valence-corrected chi connectivity index (χ0v) is 11.9. The van der Waals surface area contributed by atoms with Gasteiger partial charge in [-0.3, -0.25) is 0 Å². The van der Waals surface area contributed by atoms with Crippen molar-refractivity contribution >= 4 is 6.09 Å². The topological polar surface area (TPSA) is 38.3 Å². The second-order valence-corrected chi connectivity index (χ2v) is 5.63. The predicted octanol–water partition coefficient (Wildman–Crippen LogP) is 3.69. The predicted molar refractivity (Wildman–Crippen MR) is 81.9 cm³/mol. The zero-order chi connectivity index (χ0) is 14.5. The molecular formula is C18H19NO2. The third kappa shape index (κ3) is 3.85. The molecule has 1 amide bonds. The molecule has 0 radical (unpaired) electrons. The molecule has 2 aromatic carbocycles. The van der Waals surface area contributed by atoms with Gasteiger partial charge in [0.15, 0.2) is 0 Å². The largest absolute Gasteiger partial charge is 0.445 e. The van der Waals surface area contributed by atoms with E-state index in [-0.39, 0.29) is 11.6 Å². The van der Waals surface area contributed by atoms with Crippen molar-refractivity contribution in [3.05, 3.63) is 71.8 Å². The van der Waals surface area contributed by atoms with Gasteiger partial charge >= 0.3 is 6.09 Å². The number of benzene rings is 2. The number of amides is 1. The number of hydrogen-bond donors (Lipinski definition) is 1. The van der Waals surface area contributed by atoms with Crippen molar-refractivity contribution in [2.45, 2.75) is 31.4 Å². The van der Waals surface area contributed by atoms with E-state index < -0.39 is 0 Å². The lowest BCUT2D eigenvalue weighted by atomic mass is 10.0. The van der Waals surface area contributed by atoms with E-state index in [2.05, 4.69) is 17.4 Å². The fourth-order valence-corrected chi connectivity index (χ4v) is 2.46. The number of hydrogen-bond acceptors (Lipinski definition) is 2. The Balaban J connectivity index is 1.50. The van der Waals surface area contributed by atoms with Crippen LogP contribution in [0.15, 0.2) is 60.7 Å². The fourth-order valence-electron chi connectivity index (χ4n) is 2.46. The number of rotatable bonds is 5. The monoisotopic (exact) mass is 281 g/mol. The van der Waals surface area contributed by atoms with Gasteiger partial charge in [-0.15, -0.1) is 0 Å². The highest BCUT2D eigenvalue weighted by atomic mass is 16.5. The average Bonchev–Trinajstić information content (AvgIpc) is 3.26. The van der Waals surface area contributed by atoms with Gasteiger partial charge in [0.05, 0.1) is 0 Å². The van der Waals surface area contributed by atoms with Gasteiger partial charge in [-0.25, -0.2) is 4.79 Å². The quantitative estimate of drug-likeness (QED) is 0.907. The highest BCUT2D eigenvalue weighted by Gasteiger charge is 2.44. The first-order valence-corrected chi connectivity index (χ1v) is 7.29. The Bertz CT molecular complexity index is 591. The Kier molecular flexibility index (Phi) is 3.91. The van der Waals surface area contributed by atoms with Crippen LogP contribution in [-0.2, 0) is 17.8 Å². The molecular weight excluding hydrogens is 262 g/mol. The standard InChI is InChI=1S/C18H19NO2/c20-17(21-14-16-9-5-2-6-10-16)19-18(11-12-18)13-15-7-3-1-4-8-15/h1-10H,11-14H2,(H,19,20). The Morgan fingerprint density at radius 3 is 2.10 bits per heavy atom. The first kappa shape index (κ1) is 13.7. The Labute approximate surface area is 124 Å². The summed E-state index contributed by atoms with van der Waals surface area (Å²) < 4.78 is 5.29. The maximum atomic E-state index is 11.9. The third-order valence-corrected chi connectivity index (χ3v) is 3.82. The molecule has 3 heteroatoms. The van der Waals surface area contributed by atoms with Gasteiger partial charge in [-0.05, 0) is 30.4 Å². The van der Waals surface area contributed by atoms with Crippen LogP contribution in [0, 0.1) is 0 Å². The molecule has 1 fully saturated rings. The molecule has 0 saturated heterocycles. The SMILES string of the molecule is O=C(NC1(Cc2ccccc2)CC1)OCc1ccccc1. The molecule has 0 heterocycles. The summed E-state index contributed by atoms with van der Waals surface area (Å²) in [5.41, 5.74) is 2.15. The van der Waals surface area contributed by atoms with E-state index in [1.54, 1.807) is 0 Å². The summed E-state index contributed by atoms with van der Waals surface area (Å²) in [6.45, 7) is 0.314. The highest BCUT2D eigenvalue weighted by molar-refractivity contribution is 5.69. The lowest BCUT2D eigenvalue weighted by molar-refractivity contribution is 0.134. The second-order valence-electron chi connectivity index (χ2n) is 5.63. The number of nitrogens with one attached hydrogen (secondary N) is 1. The van der Waals surface area contributed by atoms with Crippen LogP contribution in [0.1, 0.15) is 24.0 Å². The summed E-state index contributed by atoms with van der Waals surface area (Å²) in [6, 6.07) is 20.0. The fraction of sp³-hybridized carbons (Fsp3) is 0.278. The molecule has 3 rings (SSSR count). The summed E-state index contributed by atoms with van der Waals surface area (Å²) in [4.78, 5) is 11.9. The minimum absolute atomic E-state index is 0.102. The Hall–Kier alpha value is -2.29. The van der Waals surface area contributed by atoms with Crippen molar-refractivity contribution in [2.24, 2.45) is 0 Å². The summed E-state index contributed by atoms with van der Waals surface area (Å²) in [7, 11) is 0. The number of carbonyl (C=O) groups excluding carboxylic acids is 1. The average molecular weight is 281 g/mol. The van der Waals surface area contributed by atoms with Gasteiger partial charge in [0, 0.05) is 5.54 Å². The minimum atomic E-state index is -0.327. The van der Waals surface area contributed by atoms with Crippen molar-refractivity contribution < 1.29 is 9.53 Å². The lowest BCUT2D eigenvalue weighted by Gasteiger charge is -2.17. The normalized spacial score (nSPS) is 15.2. The van der Waals surface area contributed by atoms with Crippen LogP contribution < -0.4 is 5.32 Å². The molecule has 2 aromatic rings. The molecule has 21 heavy (non-hydrogen) atoms. The summed E-state index contributed by atoms with van der Waals surface area (Å²) in [5, 5.41) is 3.02. The molecule has 1 aliphatic rings. The molecule has 0 atom stereocenters. The smallest absolute Gasteiger partial charge is 0.407 e. The van der Waals surface area contributed by atoms with Crippen LogP contribution in [0.5, 0.6) is 0 Å². The van der Waals surface area contributed by atoms with Crippen LogP contribution in [0.4, 0.5) is 4.79 Å². The van der Waals surface area contributed by atoms with Crippen LogP contribution in [0.3, 0.4) is 0 Å². The van der Waals surface area contributed by atoms with Gasteiger partial charge in [-0.2, -0.15) is 0 Å². The van der Waals surface area contributed by atoms with E-state index in [0.717, 1.165) is 24.8 Å². The maximum absolute atomic E-state index is 11.9.